The van der Waals surface area contributed by atoms with Crippen molar-refractivity contribution in [2.24, 2.45) is 0 Å². The highest BCUT2D eigenvalue weighted by Crippen LogP contribution is 2.44. The van der Waals surface area contributed by atoms with E-state index in [1.54, 1.807) is 0 Å². The summed E-state index contributed by atoms with van der Waals surface area (Å²) in [4.78, 5) is 15.0. The number of para-hydroxylation sites is 1. The van der Waals surface area contributed by atoms with E-state index in [0.717, 1.165) is 27.8 Å². The molecular formula is C51H30N4S. The molecule has 12 rings (SSSR count). The van der Waals surface area contributed by atoms with E-state index in [4.69, 9.17) is 15.0 Å². The zero-order valence-electron chi connectivity index (χ0n) is 30.0. The van der Waals surface area contributed by atoms with Gasteiger partial charge in [-0.3, -0.25) is 0 Å². The van der Waals surface area contributed by atoms with Crippen LogP contribution in [0.4, 0.5) is 0 Å². The van der Waals surface area contributed by atoms with E-state index < -0.39 is 0 Å². The van der Waals surface area contributed by atoms with Crippen molar-refractivity contribution in [2.75, 3.05) is 0 Å². The number of fused-ring (bicyclic) bond motifs is 7. The molecule has 8 aromatic carbocycles. The van der Waals surface area contributed by atoms with Gasteiger partial charge in [-0.2, -0.15) is 0 Å². The molecule has 0 N–H and O–H groups in total. The Labute approximate surface area is 325 Å². The first-order valence-electron chi connectivity index (χ1n) is 18.9. The highest BCUT2D eigenvalue weighted by atomic mass is 32.1. The molecule has 0 radical (unpaired) electrons. The lowest BCUT2D eigenvalue weighted by molar-refractivity contribution is 1.07. The summed E-state index contributed by atoms with van der Waals surface area (Å²) in [6, 6.07) is 65.1. The highest BCUT2D eigenvalue weighted by molar-refractivity contribution is 7.26. The van der Waals surface area contributed by atoms with E-state index in [1.165, 1.54) is 69.0 Å². The summed E-state index contributed by atoms with van der Waals surface area (Å²) in [5.41, 5.74) is 8.72. The van der Waals surface area contributed by atoms with Crippen molar-refractivity contribution in [2.45, 2.75) is 0 Å². The Hall–Kier alpha value is -7.21. The van der Waals surface area contributed by atoms with Gasteiger partial charge in [0, 0.05) is 53.0 Å². The van der Waals surface area contributed by atoms with Gasteiger partial charge in [0.2, 0.25) is 0 Å². The number of hydrogen-bond donors (Lipinski definition) is 0. The lowest BCUT2D eigenvalue weighted by atomic mass is 9.99. The van der Waals surface area contributed by atoms with Gasteiger partial charge in [0.25, 0.3) is 0 Å². The Morgan fingerprint density at radius 2 is 0.821 bits per heavy atom. The van der Waals surface area contributed by atoms with Gasteiger partial charge < -0.3 is 4.40 Å². The molecule has 0 bridgehead atoms. The molecule has 0 amide bonds. The maximum atomic E-state index is 5.02. The van der Waals surface area contributed by atoms with Crippen molar-refractivity contribution in [1.82, 2.24) is 19.4 Å². The minimum Gasteiger partial charge on any atom is -0.308 e. The molecule has 12 aromatic rings. The number of benzene rings is 8. The van der Waals surface area contributed by atoms with E-state index in [2.05, 4.69) is 126 Å². The minimum atomic E-state index is 0.644. The summed E-state index contributed by atoms with van der Waals surface area (Å²) in [5.74, 6) is 1.95. The predicted molar refractivity (Wildman–Crippen MR) is 235 cm³/mol. The first-order valence-corrected chi connectivity index (χ1v) is 19.7. The van der Waals surface area contributed by atoms with Crippen LogP contribution in [0.5, 0.6) is 0 Å². The van der Waals surface area contributed by atoms with Crippen LogP contribution >= 0.6 is 11.3 Å². The van der Waals surface area contributed by atoms with E-state index in [9.17, 15) is 0 Å². The van der Waals surface area contributed by atoms with Crippen LogP contribution in [0, 0.1) is 0 Å². The monoisotopic (exact) mass is 730 g/mol. The van der Waals surface area contributed by atoms with Gasteiger partial charge in [-0.25, -0.2) is 15.0 Å². The van der Waals surface area contributed by atoms with Gasteiger partial charge in [-0.1, -0.05) is 146 Å². The van der Waals surface area contributed by atoms with Crippen LogP contribution in [-0.2, 0) is 0 Å². The summed E-state index contributed by atoms with van der Waals surface area (Å²) < 4.78 is 5.13. The quantitative estimate of drug-likeness (QED) is 0.181. The molecule has 0 aliphatic rings. The zero-order valence-corrected chi connectivity index (χ0v) is 30.8. The molecule has 0 unspecified atom stereocenters. The smallest absolute Gasteiger partial charge is 0.164 e. The van der Waals surface area contributed by atoms with Crippen LogP contribution in [-0.4, -0.2) is 19.4 Å². The Morgan fingerprint density at radius 1 is 0.321 bits per heavy atom. The van der Waals surface area contributed by atoms with E-state index in [0.29, 0.717) is 17.5 Å². The predicted octanol–water partition coefficient (Wildman–Crippen LogP) is 13.8. The SMILES string of the molecule is c1ccc(-c2nc(-c3ccccc3)nc(-c3cccc(-c4ccc5c(c4)c4cccc6c7ccccc7c7cccc8sc9cccc(c9c87)n5c64)c3)n2)cc1. The van der Waals surface area contributed by atoms with E-state index in [1.807, 2.05) is 72.0 Å². The van der Waals surface area contributed by atoms with Crippen molar-refractivity contribution >= 4 is 80.4 Å². The fraction of sp³-hybridized carbons (Fsp3) is 0. The molecule has 0 atom stereocenters. The lowest BCUT2D eigenvalue weighted by Crippen LogP contribution is -2.00. The number of hydrogen-bond acceptors (Lipinski definition) is 4. The second kappa shape index (κ2) is 12.2. The number of aromatic nitrogens is 4. The molecule has 0 saturated heterocycles. The largest absolute Gasteiger partial charge is 0.308 e. The fourth-order valence-corrected chi connectivity index (χ4v) is 9.86. The average molecular weight is 731 g/mol. The normalized spacial score (nSPS) is 11.9. The van der Waals surface area contributed by atoms with Gasteiger partial charge in [0.1, 0.15) is 0 Å². The average Bonchev–Trinajstić information content (AvgIpc) is 3.84. The van der Waals surface area contributed by atoms with Crippen molar-refractivity contribution in [3.63, 3.8) is 0 Å². The van der Waals surface area contributed by atoms with Gasteiger partial charge in [0.05, 0.1) is 16.6 Å². The molecule has 0 spiro atoms. The van der Waals surface area contributed by atoms with E-state index >= 15 is 0 Å². The van der Waals surface area contributed by atoms with Gasteiger partial charge in [0.15, 0.2) is 17.5 Å². The topological polar surface area (TPSA) is 43.1 Å². The Balaban J connectivity index is 1.12. The second-order valence-electron chi connectivity index (χ2n) is 14.4. The Bertz CT molecular complexity index is 3470. The number of nitrogens with zero attached hydrogens (tertiary/aromatic N) is 4. The summed E-state index contributed by atoms with van der Waals surface area (Å²) in [5, 5.41) is 10.1. The second-order valence-corrected chi connectivity index (χ2v) is 15.4. The Morgan fingerprint density at radius 3 is 1.55 bits per heavy atom. The van der Waals surface area contributed by atoms with E-state index in [-0.39, 0.29) is 0 Å². The number of rotatable bonds is 4. The zero-order chi connectivity index (χ0) is 36.7. The fourth-order valence-electron chi connectivity index (χ4n) is 8.70. The summed E-state index contributed by atoms with van der Waals surface area (Å²) in [7, 11) is 0. The minimum absolute atomic E-state index is 0.644. The number of thiophene rings is 1. The summed E-state index contributed by atoms with van der Waals surface area (Å²) >= 11 is 1.88. The van der Waals surface area contributed by atoms with Crippen LogP contribution in [0.2, 0.25) is 0 Å². The molecule has 0 aliphatic carbocycles. The summed E-state index contributed by atoms with van der Waals surface area (Å²) in [6.07, 6.45) is 0. The van der Waals surface area contributed by atoms with Gasteiger partial charge in [-0.05, 0) is 63.7 Å². The van der Waals surface area contributed by atoms with Crippen LogP contribution in [0.25, 0.3) is 114 Å². The third kappa shape index (κ3) is 4.68. The third-order valence-corrected chi connectivity index (χ3v) is 12.3. The molecule has 0 aliphatic heterocycles. The molecule has 4 nitrogen and oxygen atoms in total. The first kappa shape index (κ1) is 31.2. The van der Waals surface area contributed by atoms with Crippen molar-refractivity contribution in [3.8, 4) is 45.3 Å². The molecule has 4 aromatic heterocycles. The van der Waals surface area contributed by atoms with Gasteiger partial charge in [-0.15, -0.1) is 11.3 Å². The third-order valence-electron chi connectivity index (χ3n) is 11.2. The molecule has 0 saturated carbocycles. The van der Waals surface area contributed by atoms with Crippen molar-refractivity contribution in [1.29, 1.82) is 0 Å². The molecular weight excluding hydrogens is 701 g/mol. The highest BCUT2D eigenvalue weighted by Gasteiger charge is 2.19. The molecule has 5 heteroatoms. The summed E-state index contributed by atoms with van der Waals surface area (Å²) in [6.45, 7) is 0. The molecule has 56 heavy (non-hydrogen) atoms. The van der Waals surface area contributed by atoms with Gasteiger partial charge >= 0.3 is 0 Å². The molecule has 4 heterocycles. The standard InChI is InChI=1S/C51H30N4S/c1-3-13-31(14-4-1)49-52-50(32-15-5-2-6-16-32)54-51(53-49)35-18-9-17-33(29-35)34-27-28-42-41(30-34)40-23-10-22-39-37-20-8-7-19-36(37)38-21-11-25-44-46(38)47-43(55(42)48(39)40)24-12-26-45(47)56-44/h1-30H. The van der Waals surface area contributed by atoms with Crippen molar-refractivity contribution < 1.29 is 0 Å². The molecule has 260 valence electrons. The Kier molecular flexibility index (Phi) is 6.76. The van der Waals surface area contributed by atoms with Crippen molar-refractivity contribution in [3.05, 3.63) is 182 Å². The maximum absolute atomic E-state index is 5.02. The van der Waals surface area contributed by atoms with Crippen LogP contribution in [0.3, 0.4) is 0 Å². The first-order chi connectivity index (χ1) is 27.8. The van der Waals surface area contributed by atoms with Crippen LogP contribution in [0.15, 0.2) is 182 Å². The lowest BCUT2D eigenvalue weighted by Gasteiger charge is -2.10. The van der Waals surface area contributed by atoms with Crippen LogP contribution in [0.1, 0.15) is 0 Å². The maximum Gasteiger partial charge on any atom is 0.164 e. The molecule has 0 fully saturated rings. The van der Waals surface area contributed by atoms with Crippen LogP contribution < -0.4 is 0 Å².